The van der Waals surface area contributed by atoms with Crippen LogP contribution in [0, 0.1) is 0 Å². The quantitative estimate of drug-likeness (QED) is 0.413. The van der Waals surface area contributed by atoms with Crippen LogP contribution in [0.25, 0.3) is 31.7 Å². The van der Waals surface area contributed by atoms with Crippen LogP contribution in [-0.4, -0.2) is 0 Å². The first-order chi connectivity index (χ1) is 8.35. The maximum atomic E-state index is 8.50. The lowest BCUT2D eigenvalue weighted by molar-refractivity contribution is 1.05. The fourth-order valence-electron chi connectivity index (χ4n) is 1.65. The van der Waals surface area contributed by atoms with Crippen molar-refractivity contribution in [3.05, 3.63) is 62.8 Å². The lowest BCUT2D eigenvalue weighted by Crippen LogP contribution is -1.83. The van der Waals surface area contributed by atoms with E-state index in [1.807, 2.05) is 30.3 Å². The van der Waals surface area contributed by atoms with Gasteiger partial charge in [0, 0.05) is 15.5 Å². The molecule has 2 rings (SSSR count). The fourth-order valence-corrected chi connectivity index (χ4v) is 1.65. The molecule has 0 bridgehead atoms. The number of fused-ring (bicyclic) bond motifs is 1. The number of rotatable bonds is 3. The number of hydrogen-bond acceptors (Lipinski definition) is 2. The van der Waals surface area contributed by atoms with Gasteiger partial charge in [0.15, 0.2) is 0 Å². The Labute approximate surface area is 96.7 Å². The van der Waals surface area contributed by atoms with Gasteiger partial charge in [-0.15, -0.1) is 0 Å². The van der Waals surface area contributed by atoms with Crippen LogP contribution in [0.15, 0.2) is 46.6 Å². The van der Waals surface area contributed by atoms with Crippen molar-refractivity contribution < 1.29 is 0 Å². The highest BCUT2D eigenvalue weighted by Gasteiger charge is 2.02. The van der Waals surface area contributed by atoms with Gasteiger partial charge in [-0.05, 0) is 33.5 Å². The fraction of sp³-hybridized carbons (Fsp3) is 0.0909. The van der Waals surface area contributed by atoms with Gasteiger partial charge in [-0.3, -0.25) is 0 Å². The van der Waals surface area contributed by atoms with E-state index in [0.29, 0.717) is 5.69 Å². The molecule has 6 nitrogen and oxygen atoms in total. The minimum atomic E-state index is 0.176. The lowest BCUT2D eigenvalue weighted by Gasteiger charge is -2.04. The molecule has 0 fully saturated rings. The maximum Gasteiger partial charge on any atom is 0.0515 e. The first kappa shape index (κ1) is 10.8. The maximum absolute atomic E-state index is 8.50. The van der Waals surface area contributed by atoms with Gasteiger partial charge in [-0.25, -0.2) is 0 Å². The Bertz CT molecular complexity index is 650. The minimum Gasteiger partial charge on any atom is -0.0893 e. The Morgan fingerprint density at radius 2 is 1.71 bits per heavy atom. The second-order valence-electron chi connectivity index (χ2n) is 3.41. The van der Waals surface area contributed by atoms with Gasteiger partial charge in [-0.2, -0.15) is 0 Å². The van der Waals surface area contributed by atoms with E-state index in [9.17, 15) is 0 Å². The molecule has 0 aromatic heterocycles. The molecule has 0 saturated carbocycles. The van der Waals surface area contributed by atoms with Gasteiger partial charge in [0.05, 0.1) is 6.54 Å². The van der Waals surface area contributed by atoms with Crippen molar-refractivity contribution in [3.8, 4) is 0 Å². The molecule has 0 aliphatic heterocycles. The smallest absolute Gasteiger partial charge is 0.0515 e. The van der Waals surface area contributed by atoms with Crippen molar-refractivity contribution in [1.82, 2.24) is 0 Å². The molecule has 0 amide bonds. The van der Waals surface area contributed by atoms with Gasteiger partial charge in [0.2, 0.25) is 0 Å². The van der Waals surface area contributed by atoms with Gasteiger partial charge >= 0.3 is 0 Å². The van der Waals surface area contributed by atoms with E-state index in [0.717, 1.165) is 16.3 Å². The van der Waals surface area contributed by atoms with Gasteiger partial charge in [-0.1, -0.05) is 40.6 Å². The van der Waals surface area contributed by atoms with Crippen molar-refractivity contribution >= 4 is 16.5 Å². The van der Waals surface area contributed by atoms with Crippen molar-refractivity contribution in [1.29, 1.82) is 0 Å². The van der Waals surface area contributed by atoms with Crippen LogP contribution in [0.5, 0.6) is 0 Å². The molecule has 0 aliphatic rings. The highest BCUT2D eigenvalue weighted by Crippen LogP contribution is 2.27. The SMILES string of the molecule is [N-]=[N+]=NCc1cc2ccccc2cc1N=[N+]=[N-]. The summed E-state index contributed by atoms with van der Waals surface area (Å²) in [6.45, 7) is 0.176. The van der Waals surface area contributed by atoms with Gasteiger partial charge in [0.1, 0.15) is 0 Å². The largest absolute Gasteiger partial charge is 0.0893 e. The summed E-state index contributed by atoms with van der Waals surface area (Å²) in [5, 5.41) is 9.10. The third-order valence-corrected chi connectivity index (χ3v) is 2.40. The summed E-state index contributed by atoms with van der Waals surface area (Å²) >= 11 is 0. The van der Waals surface area contributed by atoms with Crippen molar-refractivity contribution in [2.45, 2.75) is 6.54 Å². The molecule has 0 radical (unpaired) electrons. The zero-order valence-corrected chi connectivity index (χ0v) is 8.85. The summed E-state index contributed by atoms with van der Waals surface area (Å²) in [5.74, 6) is 0. The van der Waals surface area contributed by atoms with Crippen molar-refractivity contribution in [2.75, 3.05) is 0 Å². The highest BCUT2D eigenvalue weighted by atomic mass is 15.1. The summed E-state index contributed by atoms with van der Waals surface area (Å²) < 4.78 is 0. The highest BCUT2D eigenvalue weighted by molar-refractivity contribution is 5.86. The third kappa shape index (κ3) is 2.29. The van der Waals surface area contributed by atoms with Crippen LogP contribution < -0.4 is 0 Å². The Morgan fingerprint density at radius 1 is 1.00 bits per heavy atom. The summed E-state index contributed by atoms with van der Waals surface area (Å²) in [6, 6.07) is 11.4. The van der Waals surface area contributed by atoms with E-state index in [1.165, 1.54) is 0 Å². The molecular formula is C11H8N6. The number of hydrogen-bond donors (Lipinski definition) is 0. The molecule has 17 heavy (non-hydrogen) atoms. The molecule has 0 heterocycles. The number of azide groups is 2. The molecule has 6 heteroatoms. The second kappa shape index (κ2) is 4.90. The predicted molar refractivity (Wildman–Crippen MR) is 65.6 cm³/mol. The van der Waals surface area contributed by atoms with E-state index in [1.54, 1.807) is 6.07 Å². The summed E-state index contributed by atoms with van der Waals surface area (Å²) in [5.41, 5.74) is 18.0. The molecule has 0 unspecified atom stereocenters. The average molecular weight is 224 g/mol. The standard InChI is InChI=1S/C11H8N6/c12-16-14-7-10-5-8-3-1-2-4-9(8)6-11(10)15-17-13/h1-6H,7H2. The van der Waals surface area contributed by atoms with Crippen LogP contribution in [-0.2, 0) is 6.54 Å². The zero-order chi connectivity index (χ0) is 12.1. The van der Waals surface area contributed by atoms with Crippen LogP contribution in [0.4, 0.5) is 5.69 Å². The average Bonchev–Trinajstić information content (AvgIpc) is 2.36. The normalized spacial score (nSPS) is 9.41. The van der Waals surface area contributed by atoms with Crippen molar-refractivity contribution in [2.24, 2.45) is 10.2 Å². The molecule has 0 atom stereocenters. The molecule has 0 spiro atoms. The summed E-state index contributed by atoms with van der Waals surface area (Å²) in [7, 11) is 0. The lowest BCUT2D eigenvalue weighted by atomic mass is 10.1. The first-order valence-corrected chi connectivity index (χ1v) is 4.93. The number of nitrogens with zero attached hydrogens (tertiary/aromatic N) is 6. The van der Waals surface area contributed by atoms with Crippen molar-refractivity contribution in [3.63, 3.8) is 0 Å². The van der Waals surface area contributed by atoms with Crippen LogP contribution in [0.1, 0.15) is 5.56 Å². The Hall–Kier alpha value is -2.68. The van der Waals surface area contributed by atoms with E-state index >= 15 is 0 Å². The van der Waals surface area contributed by atoms with Gasteiger partial charge < -0.3 is 0 Å². The van der Waals surface area contributed by atoms with Crippen LogP contribution in [0.3, 0.4) is 0 Å². The topological polar surface area (TPSA) is 97.5 Å². The van der Waals surface area contributed by atoms with E-state index in [-0.39, 0.29) is 6.54 Å². The van der Waals surface area contributed by atoms with Gasteiger partial charge in [0.25, 0.3) is 0 Å². The Balaban J connectivity index is 2.65. The molecule has 2 aromatic carbocycles. The summed E-state index contributed by atoms with van der Waals surface area (Å²) in [4.78, 5) is 5.47. The van der Waals surface area contributed by atoms with Crippen LogP contribution >= 0.6 is 0 Å². The monoisotopic (exact) mass is 224 g/mol. The molecular weight excluding hydrogens is 216 g/mol. The Morgan fingerprint density at radius 3 is 2.35 bits per heavy atom. The van der Waals surface area contributed by atoms with E-state index in [4.69, 9.17) is 11.1 Å². The molecule has 0 saturated heterocycles. The van der Waals surface area contributed by atoms with Crippen LogP contribution in [0.2, 0.25) is 0 Å². The Kier molecular flexibility index (Phi) is 3.12. The summed E-state index contributed by atoms with van der Waals surface area (Å²) in [6.07, 6.45) is 0. The zero-order valence-electron chi connectivity index (χ0n) is 8.85. The first-order valence-electron chi connectivity index (χ1n) is 4.93. The number of benzene rings is 2. The third-order valence-electron chi connectivity index (χ3n) is 2.40. The minimum absolute atomic E-state index is 0.176. The molecule has 0 aliphatic carbocycles. The molecule has 0 N–H and O–H groups in total. The second-order valence-corrected chi connectivity index (χ2v) is 3.41. The van der Waals surface area contributed by atoms with E-state index in [2.05, 4.69) is 20.1 Å². The predicted octanol–water partition coefficient (Wildman–Crippen LogP) is 4.59. The van der Waals surface area contributed by atoms with E-state index < -0.39 is 0 Å². The molecule has 2 aromatic rings. The molecule has 82 valence electrons.